The number of halogens is 1. The van der Waals surface area contributed by atoms with E-state index < -0.39 is 12.0 Å². The zero-order valence-corrected chi connectivity index (χ0v) is 7.39. The van der Waals surface area contributed by atoms with Gasteiger partial charge in [-0.05, 0) is 13.3 Å². The summed E-state index contributed by atoms with van der Waals surface area (Å²) in [4.78, 5) is 10.7. The summed E-state index contributed by atoms with van der Waals surface area (Å²) in [6.07, 6.45) is 0.441. The molecule has 0 fully saturated rings. The monoisotopic (exact) mass is 177 g/mol. The van der Waals surface area contributed by atoms with Crippen molar-refractivity contribution >= 4 is 17.6 Å². The molecule has 0 aromatic heterocycles. The van der Waals surface area contributed by atoms with E-state index in [1.807, 2.05) is 0 Å². The Morgan fingerprint density at radius 2 is 2.36 bits per heavy atom. The fourth-order valence-electron chi connectivity index (χ4n) is 0.626. The van der Waals surface area contributed by atoms with E-state index in [0.717, 1.165) is 5.57 Å². The zero-order chi connectivity index (χ0) is 8.85. The highest BCUT2D eigenvalue weighted by molar-refractivity contribution is 6.25. The van der Waals surface area contributed by atoms with Crippen LogP contribution in [0.1, 0.15) is 13.3 Å². The van der Waals surface area contributed by atoms with Crippen molar-refractivity contribution in [1.82, 2.24) is 0 Å². The van der Waals surface area contributed by atoms with Crippen LogP contribution in [0.25, 0.3) is 0 Å². The second-order valence-electron chi connectivity index (χ2n) is 2.29. The molecule has 0 saturated heterocycles. The zero-order valence-electron chi connectivity index (χ0n) is 6.63. The first-order valence-electron chi connectivity index (χ1n) is 3.21. The molecule has 0 aromatic rings. The molecule has 3 nitrogen and oxygen atoms in total. The van der Waals surface area contributed by atoms with Crippen LogP contribution >= 0.6 is 11.6 Å². The summed E-state index contributed by atoms with van der Waals surface area (Å²) < 4.78 is 4.42. The molecule has 0 saturated carbocycles. The molecule has 11 heavy (non-hydrogen) atoms. The molecule has 4 heteroatoms. The Hall–Kier alpha value is -0.540. The van der Waals surface area contributed by atoms with Gasteiger partial charge in [0, 0.05) is 5.54 Å². The van der Waals surface area contributed by atoms with Crippen molar-refractivity contribution < 1.29 is 9.53 Å². The van der Waals surface area contributed by atoms with Gasteiger partial charge in [0.25, 0.3) is 0 Å². The smallest absolute Gasteiger partial charge is 0.322 e. The van der Waals surface area contributed by atoms with Crippen LogP contribution in [0.5, 0.6) is 0 Å². The molecule has 0 bridgehead atoms. The van der Waals surface area contributed by atoms with E-state index >= 15 is 0 Å². The number of rotatable bonds is 3. The highest BCUT2D eigenvalue weighted by Crippen LogP contribution is 2.04. The molecule has 0 spiro atoms. The summed E-state index contributed by atoms with van der Waals surface area (Å²) in [6.45, 7) is 1.80. The van der Waals surface area contributed by atoms with Crippen LogP contribution in [0.3, 0.4) is 0 Å². The molecule has 1 atom stereocenters. The van der Waals surface area contributed by atoms with Crippen molar-refractivity contribution in [1.29, 1.82) is 0 Å². The van der Waals surface area contributed by atoms with Gasteiger partial charge in [-0.15, -0.1) is 0 Å². The van der Waals surface area contributed by atoms with Gasteiger partial charge in [-0.2, -0.15) is 0 Å². The summed E-state index contributed by atoms with van der Waals surface area (Å²) in [5.41, 5.74) is 7.70. The van der Waals surface area contributed by atoms with Crippen molar-refractivity contribution in [2.24, 2.45) is 5.73 Å². The molecule has 0 aliphatic carbocycles. The quantitative estimate of drug-likeness (QED) is 0.655. The Bertz CT molecular complexity index is 168. The van der Waals surface area contributed by atoms with Crippen LogP contribution in [-0.4, -0.2) is 19.1 Å². The topological polar surface area (TPSA) is 52.3 Å². The maximum Gasteiger partial charge on any atom is 0.322 e. The maximum atomic E-state index is 10.7. The fraction of sp³-hybridized carbons (Fsp3) is 0.571. The summed E-state index contributed by atoms with van der Waals surface area (Å²) >= 11 is 5.37. The second-order valence-corrected chi connectivity index (χ2v) is 2.51. The highest BCUT2D eigenvalue weighted by Gasteiger charge is 2.13. The number of ether oxygens (including phenoxy) is 1. The minimum absolute atomic E-state index is 0.414. The largest absolute Gasteiger partial charge is 0.468 e. The van der Waals surface area contributed by atoms with Crippen LogP contribution < -0.4 is 5.73 Å². The third-order valence-corrected chi connectivity index (χ3v) is 1.60. The molecule has 0 amide bonds. The molecular formula is C7H12ClNO2. The van der Waals surface area contributed by atoms with E-state index in [9.17, 15) is 4.79 Å². The van der Waals surface area contributed by atoms with Gasteiger partial charge >= 0.3 is 5.97 Å². The summed E-state index contributed by atoms with van der Waals surface area (Å²) in [7, 11) is 1.31. The molecule has 0 heterocycles. The van der Waals surface area contributed by atoms with Crippen molar-refractivity contribution in [3.63, 3.8) is 0 Å². The van der Waals surface area contributed by atoms with Crippen molar-refractivity contribution in [2.45, 2.75) is 19.4 Å². The van der Waals surface area contributed by atoms with E-state index in [-0.39, 0.29) is 0 Å². The number of methoxy groups -OCH3 is 1. The Morgan fingerprint density at radius 1 is 1.82 bits per heavy atom. The molecular weight excluding hydrogens is 166 g/mol. The Labute approximate surface area is 71.2 Å². The molecule has 0 radical (unpaired) electrons. The van der Waals surface area contributed by atoms with Gasteiger partial charge in [-0.3, -0.25) is 4.79 Å². The van der Waals surface area contributed by atoms with Gasteiger partial charge in [0.15, 0.2) is 0 Å². The van der Waals surface area contributed by atoms with Gasteiger partial charge in [0.1, 0.15) is 6.04 Å². The minimum atomic E-state index is -0.602. The molecule has 2 N–H and O–H groups in total. The molecule has 0 aliphatic heterocycles. The Morgan fingerprint density at radius 3 is 2.73 bits per heavy atom. The summed E-state index contributed by atoms with van der Waals surface area (Å²) in [6, 6.07) is -0.602. The maximum absolute atomic E-state index is 10.7. The predicted molar refractivity (Wildman–Crippen MR) is 44.2 cm³/mol. The SMILES string of the molecule is COC(=O)C(N)CC(C)=CCl. The van der Waals surface area contributed by atoms with Crippen molar-refractivity contribution in [3.8, 4) is 0 Å². The minimum Gasteiger partial charge on any atom is -0.468 e. The third kappa shape index (κ3) is 4.01. The lowest BCUT2D eigenvalue weighted by atomic mass is 10.1. The summed E-state index contributed by atoms with van der Waals surface area (Å²) in [5.74, 6) is -0.414. The van der Waals surface area contributed by atoms with Gasteiger partial charge in [-0.1, -0.05) is 17.2 Å². The first kappa shape index (κ1) is 10.5. The number of hydrogen-bond donors (Lipinski definition) is 1. The lowest BCUT2D eigenvalue weighted by Gasteiger charge is -2.07. The normalized spacial score (nSPS) is 14.4. The van der Waals surface area contributed by atoms with Crippen LogP contribution in [0.2, 0.25) is 0 Å². The van der Waals surface area contributed by atoms with E-state index in [0.29, 0.717) is 6.42 Å². The first-order chi connectivity index (χ1) is 5.11. The van der Waals surface area contributed by atoms with Crippen molar-refractivity contribution in [3.05, 3.63) is 11.1 Å². The van der Waals surface area contributed by atoms with Gasteiger partial charge in [0.05, 0.1) is 7.11 Å². The lowest BCUT2D eigenvalue weighted by molar-refractivity contribution is -0.142. The second kappa shape index (κ2) is 5.16. The fourth-order valence-corrected chi connectivity index (χ4v) is 0.715. The molecule has 0 aromatic carbocycles. The highest BCUT2D eigenvalue weighted by atomic mass is 35.5. The lowest BCUT2D eigenvalue weighted by Crippen LogP contribution is -2.31. The summed E-state index contributed by atoms with van der Waals surface area (Å²) in [5, 5.41) is 0. The molecule has 0 rings (SSSR count). The first-order valence-corrected chi connectivity index (χ1v) is 3.64. The van der Waals surface area contributed by atoms with Crippen LogP contribution in [-0.2, 0) is 9.53 Å². The van der Waals surface area contributed by atoms with E-state index in [1.165, 1.54) is 12.6 Å². The van der Waals surface area contributed by atoms with E-state index in [2.05, 4.69) is 4.74 Å². The number of esters is 1. The predicted octanol–water partition coefficient (Wildman–Crippen LogP) is 1.02. The molecule has 0 aliphatic rings. The molecule has 64 valence electrons. The van der Waals surface area contributed by atoms with Crippen LogP contribution in [0, 0.1) is 0 Å². The number of carbonyl (C=O) groups is 1. The van der Waals surface area contributed by atoms with Gasteiger partial charge < -0.3 is 10.5 Å². The van der Waals surface area contributed by atoms with Crippen LogP contribution in [0.15, 0.2) is 11.1 Å². The van der Waals surface area contributed by atoms with E-state index in [1.54, 1.807) is 6.92 Å². The third-order valence-electron chi connectivity index (χ3n) is 1.23. The molecule has 1 unspecified atom stereocenters. The van der Waals surface area contributed by atoms with Gasteiger partial charge in [0.2, 0.25) is 0 Å². The Balaban J connectivity index is 3.87. The number of nitrogens with two attached hydrogens (primary N) is 1. The van der Waals surface area contributed by atoms with Gasteiger partial charge in [-0.25, -0.2) is 0 Å². The van der Waals surface area contributed by atoms with E-state index in [4.69, 9.17) is 17.3 Å². The number of hydrogen-bond acceptors (Lipinski definition) is 3. The number of carbonyl (C=O) groups excluding carboxylic acids is 1. The standard InChI is InChI=1S/C7H12ClNO2/c1-5(4-8)3-6(9)7(10)11-2/h4,6H,3,9H2,1-2H3. The average Bonchev–Trinajstić information content (AvgIpc) is 2.02. The Kier molecular flexibility index (Phi) is 4.90. The van der Waals surface area contributed by atoms with Crippen LogP contribution in [0.4, 0.5) is 0 Å². The average molecular weight is 178 g/mol. The van der Waals surface area contributed by atoms with Crippen molar-refractivity contribution in [2.75, 3.05) is 7.11 Å².